The minimum Gasteiger partial charge on any atom is -0.497 e. The lowest BCUT2D eigenvalue weighted by molar-refractivity contribution is -0.189. The number of methoxy groups -OCH3 is 1. The van der Waals surface area contributed by atoms with Crippen LogP contribution in [0.1, 0.15) is 77.2 Å². The molecule has 1 spiro atoms. The van der Waals surface area contributed by atoms with Gasteiger partial charge in [0.1, 0.15) is 5.75 Å². The number of carbonyl (C=O) groups excluding carboxylic acids is 1. The van der Waals surface area contributed by atoms with Crippen molar-refractivity contribution in [3.63, 3.8) is 0 Å². The van der Waals surface area contributed by atoms with Gasteiger partial charge >= 0.3 is 5.97 Å². The van der Waals surface area contributed by atoms with Gasteiger partial charge in [0.25, 0.3) is 0 Å². The summed E-state index contributed by atoms with van der Waals surface area (Å²) in [5, 5.41) is 0. The molecule has 1 heterocycles. The van der Waals surface area contributed by atoms with Gasteiger partial charge in [-0.3, -0.25) is 4.79 Å². The third-order valence-corrected chi connectivity index (χ3v) is 6.57. The minimum atomic E-state index is -0.365. The van der Waals surface area contributed by atoms with Crippen LogP contribution in [-0.4, -0.2) is 43.8 Å². The first-order chi connectivity index (χ1) is 17.0. The van der Waals surface area contributed by atoms with Crippen LogP contribution >= 0.6 is 0 Å². The van der Waals surface area contributed by atoms with Gasteiger partial charge in [-0.25, -0.2) is 0 Å². The molecule has 1 saturated heterocycles. The average Bonchev–Trinajstić information content (AvgIpc) is 3.23. The highest BCUT2D eigenvalue weighted by molar-refractivity contribution is 5.66. The molecular weight excluding hydrogens is 444 g/mol. The first kappa shape index (κ1) is 27.4. The smallest absolute Gasteiger partial charge is 0.302 e. The summed E-state index contributed by atoms with van der Waals surface area (Å²) in [7, 11) is 1.67. The number of allylic oxidation sites excluding steroid dienone is 3. The molecule has 1 aliphatic carbocycles. The number of hydrogen-bond acceptors (Lipinski definition) is 6. The second kappa shape index (κ2) is 14.4. The van der Waals surface area contributed by atoms with E-state index >= 15 is 0 Å². The van der Waals surface area contributed by atoms with E-state index in [4.69, 9.17) is 23.7 Å². The number of carbonyl (C=O) groups is 1. The van der Waals surface area contributed by atoms with E-state index in [2.05, 4.69) is 24.3 Å². The van der Waals surface area contributed by atoms with Crippen molar-refractivity contribution in [1.82, 2.24) is 0 Å². The van der Waals surface area contributed by atoms with Crippen LogP contribution in [0.15, 0.2) is 48.6 Å². The molecule has 0 unspecified atom stereocenters. The van der Waals surface area contributed by atoms with Gasteiger partial charge in [-0.2, -0.15) is 0 Å². The second-order valence-electron chi connectivity index (χ2n) is 9.62. The molecule has 0 aromatic heterocycles. The van der Waals surface area contributed by atoms with E-state index in [0.29, 0.717) is 13.2 Å². The second-order valence-corrected chi connectivity index (χ2v) is 9.62. The first-order valence-electron chi connectivity index (χ1n) is 13.0. The molecule has 0 amide bonds. The molecule has 3 atom stereocenters. The molecule has 0 N–H and O–H groups in total. The molecule has 6 nitrogen and oxygen atoms in total. The highest BCUT2D eigenvalue weighted by Crippen LogP contribution is 2.38. The Balaban J connectivity index is 1.50. The summed E-state index contributed by atoms with van der Waals surface area (Å²) in [5.41, 5.74) is 1.11. The maximum absolute atomic E-state index is 11.0. The Bertz CT molecular complexity index is 809. The minimum absolute atomic E-state index is 0.0340. The molecule has 1 aromatic carbocycles. The van der Waals surface area contributed by atoms with Crippen molar-refractivity contribution in [1.29, 1.82) is 0 Å². The fourth-order valence-electron chi connectivity index (χ4n) is 4.70. The van der Waals surface area contributed by atoms with Gasteiger partial charge in [-0.15, -0.1) is 0 Å². The van der Waals surface area contributed by atoms with Crippen molar-refractivity contribution in [2.24, 2.45) is 0 Å². The lowest BCUT2D eigenvalue weighted by atomic mass is 9.94. The molecule has 1 aromatic rings. The number of unbranched alkanes of at least 4 members (excludes halogenated alkanes) is 1. The number of rotatable bonds is 13. The Morgan fingerprint density at radius 1 is 1.17 bits per heavy atom. The summed E-state index contributed by atoms with van der Waals surface area (Å²) in [5.74, 6) is 0.255. The van der Waals surface area contributed by atoms with Crippen LogP contribution in [0.4, 0.5) is 0 Å². The third kappa shape index (κ3) is 9.79. The SMILES string of the molecule is COc1ccc(CO[C@@H](/C=C/C=C/CCC[C@@H](C)OC(C)=O)C[C@@H]2COC3(CCCCC3)O2)cc1. The Morgan fingerprint density at radius 3 is 2.66 bits per heavy atom. The summed E-state index contributed by atoms with van der Waals surface area (Å²) < 4.78 is 29.2. The summed E-state index contributed by atoms with van der Waals surface area (Å²) in [6.45, 7) is 4.54. The van der Waals surface area contributed by atoms with E-state index in [1.54, 1.807) is 7.11 Å². The number of esters is 1. The fraction of sp³-hybridized carbons (Fsp3) is 0.621. The van der Waals surface area contributed by atoms with Gasteiger partial charge in [0.2, 0.25) is 0 Å². The normalized spacial score (nSPS) is 21.5. The fourth-order valence-corrected chi connectivity index (χ4v) is 4.70. The predicted molar refractivity (Wildman–Crippen MR) is 136 cm³/mol. The Morgan fingerprint density at radius 2 is 1.94 bits per heavy atom. The first-order valence-corrected chi connectivity index (χ1v) is 13.0. The molecular formula is C29H42O6. The number of ether oxygens (including phenoxy) is 5. The molecule has 1 aliphatic heterocycles. The molecule has 194 valence electrons. The Kier molecular flexibility index (Phi) is 11.3. The predicted octanol–water partition coefficient (Wildman–Crippen LogP) is 6.28. The molecule has 2 fully saturated rings. The zero-order valence-electron chi connectivity index (χ0n) is 21.6. The monoisotopic (exact) mass is 486 g/mol. The lowest BCUT2D eigenvalue weighted by Crippen LogP contribution is -2.33. The van der Waals surface area contributed by atoms with E-state index in [-0.39, 0.29) is 30.1 Å². The van der Waals surface area contributed by atoms with Crippen molar-refractivity contribution in [3.05, 3.63) is 54.1 Å². The Labute approximate surface area is 210 Å². The zero-order chi connectivity index (χ0) is 24.9. The van der Waals surface area contributed by atoms with Gasteiger partial charge in [-0.1, -0.05) is 42.9 Å². The molecule has 0 bridgehead atoms. The molecule has 1 saturated carbocycles. The van der Waals surface area contributed by atoms with Crippen LogP contribution in [0, 0.1) is 0 Å². The van der Waals surface area contributed by atoms with Crippen molar-refractivity contribution in [2.45, 2.75) is 102 Å². The van der Waals surface area contributed by atoms with Gasteiger partial charge in [0.05, 0.1) is 38.6 Å². The highest BCUT2D eigenvalue weighted by atomic mass is 16.7. The molecule has 35 heavy (non-hydrogen) atoms. The zero-order valence-corrected chi connectivity index (χ0v) is 21.6. The third-order valence-electron chi connectivity index (χ3n) is 6.57. The van der Waals surface area contributed by atoms with Crippen molar-refractivity contribution >= 4 is 5.97 Å². The van der Waals surface area contributed by atoms with Crippen LogP contribution in [0.2, 0.25) is 0 Å². The summed E-state index contributed by atoms with van der Waals surface area (Å²) >= 11 is 0. The van der Waals surface area contributed by atoms with E-state index < -0.39 is 0 Å². The van der Waals surface area contributed by atoms with E-state index in [1.165, 1.54) is 26.2 Å². The summed E-state index contributed by atoms with van der Waals surface area (Å²) in [4.78, 5) is 11.0. The Hall–Kier alpha value is -2.15. The van der Waals surface area contributed by atoms with Gasteiger partial charge in [0, 0.05) is 26.2 Å². The van der Waals surface area contributed by atoms with Gasteiger partial charge in [0.15, 0.2) is 5.79 Å². The van der Waals surface area contributed by atoms with Crippen molar-refractivity contribution in [3.8, 4) is 5.75 Å². The maximum atomic E-state index is 11.0. The highest BCUT2D eigenvalue weighted by Gasteiger charge is 2.42. The van der Waals surface area contributed by atoms with Crippen molar-refractivity contribution in [2.75, 3.05) is 13.7 Å². The van der Waals surface area contributed by atoms with Crippen molar-refractivity contribution < 1.29 is 28.5 Å². The summed E-state index contributed by atoms with van der Waals surface area (Å²) in [6.07, 6.45) is 17.5. The van der Waals surface area contributed by atoms with Crippen LogP contribution in [-0.2, 0) is 30.3 Å². The van der Waals surface area contributed by atoms with Crippen LogP contribution in [0.5, 0.6) is 5.75 Å². The molecule has 2 aliphatic rings. The van der Waals surface area contributed by atoms with E-state index in [9.17, 15) is 4.79 Å². The largest absolute Gasteiger partial charge is 0.497 e. The quantitative estimate of drug-likeness (QED) is 0.186. The lowest BCUT2D eigenvalue weighted by Gasteiger charge is -2.32. The topological polar surface area (TPSA) is 63.2 Å². The van der Waals surface area contributed by atoms with Gasteiger partial charge < -0.3 is 23.7 Å². The molecule has 6 heteroatoms. The van der Waals surface area contributed by atoms with Crippen LogP contribution < -0.4 is 4.74 Å². The van der Waals surface area contributed by atoms with E-state index in [0.717, 1.165) is 49.8 Å². The van der Waals surface area contributed by atoms with Crippen LogP contribution in [0.3, 0.4) is 0 Å². The van der Waals surface area contributed by atoms with Crippen LogP contribution in [0.25, 0.3) is 0 Å². The standard InChI is InChI=1S/C29H42O6/c1-23(34-24(2)30)12-8-5-4-6-9-13-27(32-21-25-14-16-26(31-3)17-15-25)20-28-22-33-29(35-28)18-10-7-11-19-29/h4,6,9,13-17,23,27-28H,5,7-8,10-12,18-22H2,1-3H3/b6-4+,13-9+/t23-,27+,28-/m1/s1. The van der Waals surface area contributed by atoms with Gasteiger partial charge in [-0.05, 0) is 56.7 Å². The number of benzene rings is 1. The molecule has 0 radical (unpaired) electrons. The summed E-state index contributed by atoms with van der Waals surface area (Å²) in [6, 6.07) is 7.97. The average molecular weight is 487 g/mol. The molecule has 3 rings (SSSR count). The maximum Gasteiger partial charge on any atom is 0.302 e. The number of hydrogen-bond donors (Lipinski definition) is 0. The van der Waals surface area contributed by atoms with E-state index in [1.807, 2.05) is 31.2 Å².